The number of halogens is 1. The van der Waals surface area contributed by atoms with Gasteiger partial charge in [0.25, 0.3) is 0 Å². The molecule has 35 heteroatoms. The lowest BCUT2D eigenvalue weighted by atomic mass is 9.90. The molecule has 109 heavy (non-hydrogen) atoms. The Balaban J connectivity index is 1.34. The number of nitrogens with two attached hydrogens (primary N) is 2. The Labute approximate surface area is 630 Å². The van der Waals surface area contributed by atoms with Gasteiger partial charge in [0.2, 0.25) is 70.8 Å². The summed E-state index contributed by atoms with van der Waals surface area (Å²) in [5.41, 5.74) is 14.0. The molecule has 0 spiro atoms. The van der Waals surface area contributed by atoms with Crippen molar-refractivity contribution in [2.24, 2.45) is 22.1 Å². The number of aryl methyl sites for hydroxylation is 4. The minimum Gasteiger partial charge on any atom is -0.491 e. The third-order valence-electron chi connectivity index (χ3n) is 17.5. The first-order chi connectivity index (χ1) is 51.4. The number of carboxylic acid groups (broad SMARTS) is 1. The molecule has 5 rings (SSSR count). The van der Waals surface area contributed by atoms with Crippen LogP contribution in [0.5, 0.6) is 5.75 Å². The number of aliphatic hydroxyl groups excluding tert-OH is 3. The topological polar surface area (TPSA) is 548 Å². The first-order valence-corrected chi connectivity index (χ1v) is 35.4. The van der Waals surface area contributed by atoms with Gasteiger partial charge < -0.3 is 94.8 Å². The van der Waals surface area contributed by atoms with Gasteiger partial charge in [0, 0.05) is 37.7 Å². The molecule has 10 unspecified atom stereocenters. The Kier molecular flexibility index (Phi) is 33.8. The third-order valence-corrected chi connectivity index (χ3v) is 17.5. The number of carbonyl (C=O) groups excluding carboxylic acids is 11. The number of hydrazine groups is 1. The largest absolute Gasteiger partial charge is 0.491 e. The predicted molar refractivity (Wildman–Crippen MR) is 396 cm³/mol. The maximum absolute atomic E-state index is 15.5. The molecule has 0 radical (unpaired) electrons. The summed E-state index contributed by atoms with van der Waals surface area (Å²) in [6.45, 7) is 13.4. The fraction of sp³-hybridized carbons (Fsp3) is 0.459. The molecule has 34 nitrogen and oxygen atoms in total. The van der Waals surface area contributed by atoms with Crippen molar-refractivity contribution in [3.8, 4) is 16.9 Å². The summed E-state index contributed by atoms with van der Waals surface area (Å²) in [4.78, 5) is 173. The number of primary amides is 1. The minimum atomic E-state index is -2.40. The number of aliphatic hydroxyl groups is 3. The molecule has 10 atom stereocenters. The number of hydrogen-bond acceptors (Lipinski definition) is 20. The van der Waals surface area contributed by atoms with Gasteiger partial charge in [-0.3, -0.25) is 57.5 Å². The SMILES string of the molecule is CCc1cc(OC(C)C)ccc1-c1ccc(CC(NC(=O)C(CC(=O)O)NC(=O)C(CO)NC(=O)C(NC(=O)C(C)(Cc2ccccc2F)NC(=O)C(NC(=O)CNC(=O)C(CC([NH3+])=NNN)NC(=O)C(C)(C)C(=O)NCCc2cnc[nH]2)C(C)O)C(C)O)C(=O)NC(CCCc2cc(C)cc(C)c2)C(N)=O)cc1. The van der Waals surface area contributed by atoms with Crippen molar-refractivity contribution in [1.29, 1.82) is 0 Å². The van der Waals surface area contributed by atoms with E-state index in [0.717, 1.165) is 60.2 Å². The van der Waals surface area contributed by atoms with Gasteiger partial charge in [0.1, 0.15) is 64.8 Å². The second-order valence-corrected chi connectivity index (χ2v) is 27.6. The molecule has 0 aliphatic heterocycles. The van der Waals surface area contributed by atoms with Crippen LogP contribution < -0.4 is 80.7 Å². The fourth-order valence-electron chi connectivity index (χ4n) is 11.6. The van der Waals surface area contributed by atoms with E-state index in [9.17, 15) is 78.0 Å². The van der Waals surface area contributed by atoms with Crippen LogP contribution in [0.4, 0.5) is 4.39 Å². The maximum Gasteiger partial charge on any atom is 0.305 e. The average Bonchev–Trinajstić information content (AvgIpc) is 0.836. The zero-order chi connectivity index (χ0) is 81.0. The number of amidine groups is 1. The highest BCUT2D eigenvalue weighted by atomic mass is 19.1. The number of aliphatic carboxylic acids is 1. The molecule has 0 saturated carbocycles. The van der Waals surface area contributed by atoms with E-state index in [0.29, 0.717) is 42.7 Å². The maximum atomic E-state index is 15.5. The van der Waals surface area contributed by atoms with Crippen LogP contribution in [0.1, 0.15) is 120 Å². The van der Waals surface area contributed by atoms with Crippen molar-refractivity contribution in [3.63, 3.8) is 0 Å². The molecule has 0 aliphatic carbocycles. The summed E-state index contributed by atoms with van der Waals surface area (Å²) >= 11 is 0. The van der Waals surface area contributed by atoms with Crippen molar-refractivity contribution in [1.82, 2.24) is 68.7 Å². The molecule has 0 fully saturated rings. The fourth-order valence-corrected chi connectivity index (χ4v) is 11.6. The number of nitrogens with one attached hydrogen (secondary N) is 12. The van der Waals surface area contributed by atoms with Gasteiger partial charge in [-0.1, -0.05) is 84.8 Å². The number of nitrogens with zero attached hydrogens (tertiary/aromatic N) is 2. The number of amides is 11. The molecule has 0 saturated heterocycles. The van der Waals surface area contributed by atoms with E-state index >= 15 is 4.39 Å². The molecule has 592 valence electrons. The van der Waals surface area contributed by atoms with Gasteiger partial charge in [0.05, 0.1) is 50.6 Å². The van der Waals surface area contributed by atoms with Crippen LogP contribution in [0, 0.1) is 25.1 Å². The van der Waals surface area contributed by atoms with E-state index in [-0.39, 0.29) is 36.9 Å². The van der Waals surface area contributed by atoms with E-state index in [4.69, 9.17) is 16.3 Å². The normalized spacial score (nSPS) is 14.5. The Morgan fingerprint density at radius 2 is 1.27 bits per heavy atom. The van der Waals surface area contributed by atoms with Gasteiger partial charge in [-0.25, -0.2) is 20.8 Å². The molecule has 1 aromatic heterocycles. The van der Waals surface area contributed by atoms with E-state index in [1.165, 1.54) is 38.4 Å². The number of H-pyrrole nitrogens is 1. The summed E-state index contributed by atoms with van der Waals surface area (Å²) in [6, 6.07) is 11.1. The molecule has 0 bridgehead atoms. The van der Waals surface area contributed by atoms with Crippen LogP contribution in [0.15, 0.2) is 103 Å². The second kappa shape index (κ2) is 41.7. The van der Waals surface area contributed by atoms with E-state index in [2.05, 4.69) is 74.0 Å². The molecular formula is C74H103FN17O17+. The molecule has 4 aromatic carbocycles. The highest BCUT2D eigenvalue weighted by Crippen LogP contribution is 2.30. The lowest BCUT2D eigenvalue weighted by molar-refractivity contribution is -0.220. The van der Waals surface area contributed by atoms with E-state index in [1.807, 2.05) is 76.6 Å². The first kappa shape index (κ1) is 88.4. The summed E-state index contributed by atoms with van der Waals surface area (Å²) in [6.07, 6.45) is -1.30. The Morgan fingerprint density at radius 1 is 0.661 bits per heavy atom. The number of carbonyl (C=O) groups is 12. The Hall–Kier alpha value is -11.3. The second-order valence-electron chi connectivity index (χ2n) is 27.6. The quantitative estimate of drug-likeness (QED) is 0.00652. The zero-order valence-electron chi connectivity index (χ0n) is 62.7. The average molecular weight is 1520 g/mol. The Bertz CT molecular complexity index is 4020. The highest BCUT2D eigenvalue weighted by molar-refractivity contribution is 6.06. The van der Waals surface area contributed by atoms with Crippen LogP contribution in [-0.2, 0) is 89.6 Å². The van der Waals surface area contributed by atoms with Crippen LogP contribution in [0.2, 0.25) is 0 Å². The molecule has 23 N–H and O–H groups in total. The minimum absolute atomic E-state index is 0.0620. The van der Waals surface area contributed by atoms with Crippen LogP contribution in [0.3, 0.4) is 0 Å². The summed E-state index contributed by atoms with van der Waals surface area (Å²) in [7, 11) is 0. The number of quaternary nitrogens is 1. The molecule has 0 aliphatic rings. The zero-order valence-corrected chi connectivity index (χ0v) is 62.7. The number of aromatic nitrogens is 2. The summed E-state index contributed by atoms with van der Waals surface area (Å²) in [5.74, 6) is -8.90. The number of hydrogen-bond donors (Lipinski definition) is 19. The number of imidazole rings is 1. The summed E-state index contributed by atoms with van der Waals surface area (Å²) < 4.78 is 21.4. The molecule has 1 heterocycles. The number of benzene rings is 4. The predicted octanol–water partition coefficient (Wildman–Crippen LogP) is -2.12. The first-order valence-electron chi connectivity index (χ1n) is 35.4. The van der Waals surface area contributed by atoms with Crippen molar-refractivity contribution in [3.05, 3.63) is 142 Å². The van der Waals surface area contributed by atoms with Gasteiger partial charge in [0.15, 0.2) is 0 Å². The van der Waals surface area contributed by atoms with Crippen molar-refractivity contribution in [2.45, 2.75) is 193 Å². The van der Waals surface area contributed by atoms with E-state index < -0.39 is 175 Å². The number of aromatic amines is 1. The van der Waals surface area contributed by atoms with Gasteiger partial charge in [-0.15, -0.1) is 5.10 Å². The van der Waals surface area contributed by atoms with Gasteiger partial charge >= 0.3 is 5.97 Å². The van der Waals surface area contributed by atoms with Gasteiger partial charge in [-0.05, 0) is 140 Å². The van der Waals surface area contributed by atoms with Crippen molar-refractivity contribution >= 4 is 76.8 Å². The third kappa shape index (κ3) is 27.5. The monoisotopic (exact) mass is 1520 g/mol. The van der Waals surface area contributed by atoms with Crippen LogP contribution in [-0.4, -0.2) is 193 Å². The number of ether oxygens (including phenoxy) is 1. The van der Waals surface area contributed by atoms with Crippen LogP contribution >= 0.6 is 0 Å². The molecule has 5 aromatic rings. The summed E-state index contributed by atoms with van der Waals surface area (Å²) in [5, 5.41) is 70.1. The molecule has 11 amide bonds. The van der Waals surface area contributed by atoms with Crippen molar-refractivity contribution < 1.29 is 92.8 Å². The highest BCUT2D eigenvalue weighted by Gasteiger charge is 2.43. The Morgan fingerprint density at radius 3 is 1.85 bits per heavy atom. The van der Waals surface area contributed by atoms with Gasteiger partial charge in [-0.2, -0.15) is 0 Å². The lowest BCUT2D eigenvalue weighted by Crippen LogP contribution is -2.67. The number of hydrazone groups is 1. The molecular weight excluding hydrogens is 1420 g/mol. The van der Waals surface area contributed by atoms with Crippen LogP contribution in [0.25, 0.3) is 11.1 Å². The standard InChI is InChI=1S/C74H102FN17O17/c1-11-46-31-50(109-39(2)3)23-24-51(46)47-21-19-44(20-22-47)30-54(65(101)83-53(63(77)99)18-14-15-45-28-40(4)27-41(5)29-45)84-66(102)56(33-60(97)98)85-67(103)57(37-93)86-68(104)61(42(6)94)89-72(108)74(10,34-48-16-12-13-17-52(48)75)90-69(105)62(43(7)95)88-59(96)36-81-64(100)55(32-58(76)91-92-78)87-71(107)73(8,9)70(106)80-26-25-49-35-79-38-82-49/h12-13,16-17,19-24,27-29,31,35,38-39,42-43,53-57,61-62,92-95H,11,14-15,18,25-26,30,32-34,36-37,78H2,1-10H3,(H2,76,91)(H2,77,99)(H,79,82)(H,80,106)(H,81,100)(H,83,101)(H,84,102)(H,85,103)(H,86,104)(H,87,107)(H,88,96)(H,89,108)(H,90,105)(H,97,98)/p+1. The number of rotatable bonds is 43. The smallest absolute Gasteiger partial charge is 0.305 e. The van der Waals surface area contributed by atoms with Crippen molar-refractivity contribution in [2.75, 3.05) is 19.7 Å². The lowest BCUT2D eigenvalue weighted by Gasteiger charge is -2.34. The number of carboxylic acids is 1. The van der Waals surface area contributed by atoms with E-state index in [1.54, 1.807) is 30.5 Å².